The van der Waals surface area contributed by atoms with Crippen LogP contribution in [0.5, 0.6) is 0 Å². The van der Waals surface area contributed by atoms with E-state index < -0.39 is 0 Å². The van der Waals surface area contributed by atoms with Gasteiger partial charge in [-0.1, -0.05) is 50.6 Å². The van der Waals surface area contributed by atoms with E-state index in [1.165, 1.54) is 30.4 Å². The molecule has 1 aromatic carbocycles. The zero-order valence-electron chi connectivity index (χ0n) is 14.1. The number of rotatable bonds is 4. The van der Waals surface area contributed by atoms with Crippen LogP contribution >= 0.6 is 0 Å². The lowest BCUT2D eigenvalue weighted by Crippen LogP contribution is -2.52. The molecule has 0 aromatic heterocycles. The molecule has 1 saturated carbocycles. The second-order valence-corrected chi connectivity index (χ2v) is 8.54. The molecule has 0 bridgehead atoms. The highest BCUT2D eigenvalue weighted by Gasteiger charge is 2.35. The first kappa shape index (κ1) is 15.6. The first-order chi connectivity index (χ1) is 9.15. The molecule has 20 heavy (non-hydrogen) atoms. The fraction of sp³-hybridized carbons (Fsp3) is 0.684. The highest BCUT2D eigenvalue weighted by atomic mass is 15.0. The van der Waals surface area contributed by atoms with Crippen molar-refractivity contribution in [1.82, 2.24) is 5.32 Å². The largest absolute Gasteiger partial charge is 0.309 e. The molecule has 0 unspecified atom stereocenters. The van der Waals surface area contributed by atoms with E-state index in [4.69, 9.17) is 0 Å². The Morgan fingerprint density at radius 1 is 1.00 bits per heavy atom. The van der Waals surface area contributed by atoms with E-state index in [1.54, 1.807) is 0 Å². The van der Waals surface area contributed by atoms with Crippen LogP contribution in [-0.4, -0.2) is 11.6 Å². The van der Waals surface area contributed by atoms with Crippen molar-refractivity contribution in [3.63, 3.8) is 0 Å². The molecule has 0 atom stereocenters. The first-order valence-electron chi connectivity index (χ1n) is 7.99. The summed E-state index contributed by atoms with van der Waals surface area (Å²) in [7, 11) is 0. The lowest BCUT2D eigenvalue weighted by Gasteiger charge is -2.43. The molecular weight excluding hydrogens is 242 g/mol. The molecule has 2 rings (SSSR count). The molecule has 1 aromatic rings. The second kappa shape index (κ2) is 5.52. The second-order valence-electron chi connectivity index (χ2n) is 8.54. The molecule has 112 valence electrons. The number of hydrogen-bond donors (Lipinski definition) is 1. The van der Waals surface area contributed by atoms with Crippen molar-refractivity contribution >= 4 is 0 Å². The summed E-state index contributed by atoms with van der Waals surface area (Å²) in [5.74, 6) is 0.763. The van der Waals surface area contributed by atoms with Crippen LogP contribution in [0.2, 0.25) is 0 Å². The Balaban J connectivity index is 1.83. The van der Waals surface area contributed by atoms with Gasteiger partial charge in [0.05, 0.1) is 0 Å². The summed E-state index contributed by atoms with van der Waals surface area (Å²) in [4.78, 5) is 0. The van der Waals surface area contributed by atoms with Gasteiger partial charge in [-0.15, -0.1) is 0 Å². The van der Waals surface area contributed by atoms with E-state index in [0.29, 0.717) is 11.5 Å². The van der Waals surface area contributed by atoms with Gasteiger partial charge in [-0.25, -0.2) is 0 Å². The van der Waals surface area contributed by atoms with Crippen molar-refractivity contribution in [1.29, 1.82) is 0 Å². The lowest BCUT2D eigenvalue weighted by atomic mass is 9.73. The average Bonchev–Trinajstić information content (AvgIpc) is 2.21. The van der Waals surface area contributed by atoms with Gasteiger partial charge in [0.2, 0.25) is 0 Å². The van der Waals surface area contributed by atoms with Gasteiger partial charge in [-0.2, -0.15) is 0 Å². The van der Waals surface area contributed by atoms with Crippen molar-refractivity contribution in [3.05, 3.63) is 35.4 Å². The maximum absolute atomic E-state index is 3.86. The van der Waals surface area contributed by atoms with E-state index >= 15 is 0 Å². The molecule has 1 aliphatic rings. The summed E-state index contributed by atoms with van der Waals surface area (Å²) < 4.78 is 0. The van der Waals surface area contributed by atoms with E-state index in [1.807, 2.05) is 0 Å². The van der Waals surface area contributed by atoms with Crippen molar-refractivity contribution < 1.29 is 0 Å². The summed E-state index contributed by atoms with van der Waals surface area (Å²) in [6, 6.07) is 9.77. The maximum atomic E-state index is 3.86. The summed E-state index contributed by atoms with van der Waals surface area (Å²) >= 11 is 0. The quantitative estimate of drug-likeness (QED) is 0.810. The van der Waals surface area contributed by atoms with Crippen LogP contribution in [0.1, 0.15) is 70.9 Å². The maximum Gasteiger partial charge on any atom is 0.0132 e. The third kappa shape index (κ3) is 4.34. The standard InChI is InChI=1S/C19H31N/c1-14-7-9-15(10-8-14)16-11-17(12-16)20-19(5,6)13-18(2,3)4/h7-10,16-17,20H,11-13H2,1-6H3. The van der Waals surface area contributed by atoms with Gasteiger partial charge in [0.15, 0.2) is 0 Å². The molecule has 0 aliphatic heterocycles. The Bertz CT molecular complexity index is 430. The van der Waals surface area contributed by atoms with Gasteiger partial charge < -0.3 is 5.32 Å². The predicted octanol–water partition coefficient (Wildman–Crippen LogP) is 5.05. The van der Waals surface area contributed by atoms with Crippen LogP contribution in [-0.2, 0) is 0 Å². The zero-order chi connectivity index (χ0) is 15.0. The van der Waals surface area contributed by atoms with Gasteiger partial charge in [0, 0.05) is 11.6 Å². The Hall–Kier alpha value is -0.820. The van der Waals surface area contributed by atoms with Gasteiger partial charge in [0.1, 0.15) is 0 Å². The molecule has 0 heterocycles. The molecule has 0 spiro atoms. The minimum Gasteiger partial charge on any atom is -0.309 e. The van der Waals surface area contributed by atoms with Crippen LogP contribution in [0.25, 0.3) is 0 Å². The normalized spacial score (nSPS) is 23.5. The summed E-state index contributed by atoms with van der Waals surface area (Å²) in [6.07, 6.45) is 3.79. The Labute approximate surface area is 125 Å². The van der Waals surface area contributed by atoms with E-state index in [-0.39, 0.29) is 5.54 Å². The van der Waals surface area contributed by atoms with Crippen LogP contribution in [0.15, 0.2) is 24.3 Å². The molecule has 0 saturated heterocycles. The fourth-order valence-electron chi connectivity index (χ4n) is 3.78. The first-order valence-corrected chi connectivity index (χ1v) is 7.99. The van der Waals surface area contributed by atoms with Crippen molar-refractivity contribution in [2.75, 3.05) is 0 Å². The summed E-state index contributed by atoms with van der Waals surface area (Å²) in [5, 5.41) is 3.86. The average molecular weight is 273 g/mol. The lowest BCUT2D eigenvalue weighted by molar-refractivity contribution is 0.176. The Kier molecular flexibility index (Phi) is 4.30. The third-order valence-electron chi connectivity index (χ3n) is 4.25. The Morgan fingerprint density at radius 3 is 2.05 bits per heavy atom. The van der Waals surface area contributed by atoms with Gasteiger partial charge in [0.25, 0.3) is 0 Å². The van der Waals surface area contributed by atoms with E-state index in [9.17, 15) is 0 Å². The molecule has 0 amide bonds. The number of hydrogen-bond acceptors (Lipinski definition) is 1. The number of nitrogens with one attached hydrogen (secondary N) is 1. The van der Waals surface area contributed by atoms with Gasteiger partial charge in [-0.05, 0) is 56.9 Å². The van der Waals surface area contributed by atoms with Gasteiger partial charge in [-0.3, -0.25) is 0 Å². The minimum atomic E-state index is 0.237. The fourth-order valence-corrected chi connectivity index (χ4v) is 3.78. The summed E-state index contributed by atoms with van der Waals surface area (Å²) in [6.45, 7) is 13.8. The molecule has 1 fully saturated rings. The molecule has 1 nitrogen and oxygen atoms in total. The van der Waals surface area contributed by atoms with E-state index in [2.05, 4.69) is 71.1 Å². The topological polar surface area (TPSA) is 12.0 Å². The Morgan fingerprint density at radius 2 is 1.55 bits per heavy atom. The van der Waals surface area contributed by atoms with Crippen LogP contribution < -0.4 is 5.32 Å². The zero-order valence-corrected chi connectivity index (χ0v) is 14.1. The van der Waals surface area contributed by atoms with Crippen LogP contribution in [0.4, 0.5) is 0 Å². The van der Waals surface area contributed by atoms with Crippen molar-refractivity contribution in [3.8, 4) is 0 Å². The van der Waals surface area contributed by atoms with Crippen LogP contribution in [0, 0.1) is 12.3 Å². The minimum absolute atomic E-state index is 0.237. The predicted molar refractivity (Wildman–Crippen MR) is 88.2 cm³/mol. The van der Waals surface area contributed by atoms with E-state index in [0.717, 1.165) is 5.92 Å². The highest BCUT2D eigenvalue weighted by molar-refractivity contribution is 5.26. The van der Waals surface area contributed by atoms with Crippen LogP contribution in [0.3, 0.4) is 0 Å². The SMILES string of the molecule is Cc1ccc(C2CC(NC(C)(C)CC(C)(C)C)C2)cc1. The van der Waals surface area contributed by atoms with Crippen molar-refractivity contribution in [2.24, 2.45) is 5.41 Å². The molecule has 1 heteroatoms. The molecule has 1 N–H and O–H groups in total. The summed E-state index contributed by atoms with van der Waals surface area (Å²) in [5.41, 5.74) is 3.49. The number of aryl methyl sites for hydroxylation is 1. The number of benzene rings is 1. The monoisotopic (exact) mass is 273 g/mol. The third-order valence-corrected chi connectivity index (χ3v) is 4.25. The molecule has 1 aliphatic carbocycles. The smallest absolute Gasteiger partial charge is 0.0132 e. The molecular formula is C19H31N. The highest BCUT2D eigenvalue weighted by Crippen LogP contribution is 2.39. The van der Waals surface area contributed by atoms with Gasteiger partial charge >= 0.3 is 0 Å². The molecule has 0 radical (unpaired) electrons. The van der Waals surface area contributed by atoms with Crippen molar-refractivity contribution in [2.45, 2.75) is 78.3 Å².